The monoisotopic (exact) mass is 443 g/mol. The zero-order chi connectivity index (χ0) is 17.3. The number of nitrogens with zero attached hydrogens (tertiary/aromatic N) is 2. The second-order valence-corrected chi connectivity index (χ2v) is 7.47. The molecule has 0 atom stereocenters. The Balaban J connectivity index is 0.00000225. The molecule has 1 aromatic heterocycles. The SMILES string of the molecule is Br.Cn1c(-c2ccc(F)c(S(N)(=O)=O)c2)cs/c1=N/c1ccccc1. The summed E-state index contributed by atoms with van der Waals surface area (Å²) in [5.41, 5.74) is 2.08. The van der Waals surface area contributed by atoms with Gasteiger partial charge in [0.15, 0.2) is 4.80 Å². The van der Waals surface area contributed by atoms with Crippen LogP contribution in [-0.4, -0.2) is 13.0 Å². The molecule has 0 saturated heterocycles. The fourth-order valence-corrected chi connectivity index (χ4v) is 3.78. The molecule has 2 aromatic carbocycles. The third kappa shape index (κ3) is 4.24. The van der Waals surface area contributed by atoms with Crippen molar-refractivity contribution in [2.45, 2.75) is 4.90 Å². The second kappa shape index (κ2) is 7.61. The number of primary sulfonamides is 1. The van der Waals surface area contributed by atoms with E-state index >= 15 is 0 Å². The van der Waals surface area contributed by atoms with Gasteiger partial charge in [-0.05, 0) is 30.3 Å². The van der Waals surface area contributed by atoms with E-state index in [9.17, 15) is 12.8 Å². The number of hydrogen-bond donors (Lipinski definition) is 1. The molecule has 9 heteroatoms. The van der Waals surface area contributed by atoms with Crippen molar-refractivity contribution in [1.82, 2.24) is 4.57 Å². The molecule has 0 radical (unpaired) electrons. The van der Waals surface area contributed by atoms with Crippen LogP contribution in [0.4, 0.5) is 10.1 Å². The van der Waals surface area contributed by atoms with Crippen LogP contribution in [0.3, 0.4) is 0 Å². The van der Waals surface area contributed by atoms with E-state index in [4.69, 9.17) is 5.14 Å². The highest BCUT2D eigenvalue weighted by Crippen LogP contribution is 2.24. The Morgan fingerprint density at radius 3 is 2.48 bits per heavy atom. The van der Waals surface area contributed by atoms with Gasteiger partial charge in [-0.3, -0.25) is 0 Å². The molecule has 132 valence electrons. The first-order valence-electron chi connectivity index (χ1n) is 6.93. The number of rotatable bonds is 3. The highest BCUT2D eigenvalue weighted by atomic mass is 79.9. The maximum absolute atomic E-state index is 13.7. The molecule has 1 heterocycles. The average molecular weight is 444 g/mol. The van der Waals surface area contributed by atoms with E-state index in [0.29, 0.717) is 5.56 Å². The van der Waals surface area contributed by atoms with Crippen LogP contribution in [-0.2, 0) is 17.1 Å². The maximum atomic E-state index is 13.7. The molecule has 5 nitrogen and oxygen atoms in total. The lowest BCUT2D eigenvalue weighted by molar-refractivity contribution is 0.568. The zero-order valence-electron chi connectivity index (χ0n) is 13.1. The van der Waals surface area contributed by atoms with Gasteiger partial charge in [-0.2, -0.15) is 0 Å². The lowest BCUT2D eigenvalue weighted by Crippen LogP contribution is -2.15. The second-order valence-electron chi connectivity index (χ2n) is 5.10. The van der Waals surface area contributed by atoms with E-state index in [1.165, 1.54) is 23.5 Å². The van der Waals surface area contributed by atoms with Gasteiger partial charge in [-0.1, -0.05) is 18.2 Å². The number of halogens is 2. The van der Waals surface area contributed by atoms with Crippen LogP contribution in [0.1, 0.15) is 0 Å². The minimum absolute atomic E-state index is 0. The Labute approximate surface area is 159 Å². The summed E-state index contributed by atoms with van der Waals surface area (Å²) in [6.07, 6.45) is 0. The van der Waals surface area contributed by atoms with Gasteiger partial charge in [0, 0.05) is 18.0 Å². The Morgan fingerprint density at radius 1 is 1.16 bits per heavy atom. The van der Waals surface area contributed by atoms with Gasteiger partial charge in [-0.15, -0.1) is 28.3 Å². The molecule has 0 saturated carbocycles. The van der Waals surface area contributed by atoms with Crippen molar-refractivity contribution in [3.63, 3.8) is 0 Å². The standard InChI is InChI=1S/C16H14FN3O2S2.BrH/c1-20-14(10-23-16(20)19-12-5-3-2-4-6-12)11-7-8-13(17)15(9-11)24(18,21)22;/h2-10H,1H3,(H2,18,21,22);1H/b19-16+;. The van der Waals surface area contributed by atoms with Crippen LogP contribution in [0, 0.1) is 5.82 Å². The van der Waals surface area contributed by atoms with E-state index in [1.807, 2.05) is 47.3 Å². The summed E-state index contributed by atoms with van der Waals surface area (Å²) in [5.74, 6) is -0.867. The van der Waals surface area contributed by atoms with E-state index in [-0.39, 0.29) is 17.0 Å². The van der Waals surface area contributed by atoms with Crippen molar-refractivity contribution in [1.29, 1.82) is 0 Å². The number of hydrogen-bond acceptors (Lipinski definition) is 4. The van der Waals surface area contributed by atoms with Gasteiger partial charge in [0.1, 0.15) is 10.7 Å². The number of nitrogens with two attached hydrogens (primary N) is 1. The van der Waals surface area contributed by atoms with Gasteiger partial charge in [0.05, 0.1) is 11.4 Å². The normalized spacial score (nSPS) is 12.0. The highest BCUT2D eigenvalue weighted by molar-refractivity contribution is 8.93. The number of para-hydroxylation sites is 1. The molecule has 0 fully saturated rings. The third-order valence-corrected chi connectivity index (χ3v) is 5.28. The maximum Gasteiger partial charge on any atom is 0.240 e. The van der Waals surface area contributed by atoms with Crippen LogP contribution in [0.5, 0.6) is 0 Å². The number of benzene rings is 2. The van der Waals surface area contributed by atoms with Crippen LogP contribution in [0.2, 0.25) is 0 Å². The molecule has 2 N–H and O–H groups in total. The zero-order valence-corrected chi connectivity index (χ0v) is 16.4. The summed E-state index contributed by atoms with van der Waals surface area (Å²) in [7, 11) is -2.31. The van der Waals surface area contributed by atoms with Crippen LogP contribution in [0.15, 0.2) is 63.8 Å². The van der Waals surface area contributed by atoms with E-state index in [1.54, 1.807) is 0 Å². The first kappa shape index (κ1) is 19.5. The molecular formula is C16H15BrFN3O2S2. The van der Waals surface area contributed by atoms with Crippen LogP contribution < -0.4 is 9.94 Å². The lowest BCUT2D eigenvalue weighted by Gasteiger charge is -2.06. The smallest absolute Gasteiger partial charge is 0.240 e. The average Bonchev–Trinajstić information content (AvgIpc) is 2.89. The Kier molecular flexibility index (Phi) is 5.94. The largest absolute Gasteiger partial charge is 0.320 e. The first-order chi connectivity index (χ1) is 11.4. The lowest BCUT2D eigenvalue weighted by atomic mass is 10.2. The minimum atomic E-state index is -4.12. The van der Waals surface area contributed by atoms with Gasteiger partial charge >= 0.3 is 0 Å². The van der Waals surface area contributed by atoms with E-state index in [0.717, 1.165) is 22.2 Å². The molecule has 0 aliphatic rings. The number of thiazole rings is 1. The molecule has 0 unspecified atom stereocenters. The predicted molar refractivity (Wildman–Crippen MR) is 102 cm³/mol. The fourth-order valence-electron chi connectivity index (χ4n) is 2.23. The molecule has 25 heavy (non-hydrogen) atoms. The van der Waals surface area contributed by atoms with Crippen molar-refractivity contribution >= 4 is 44.0 Å². The van der Waals surface area contributed by atoms with E-state index in [2.05, 4.69) is 4.99 Å². The van der Waals surface area contributed by atoms with Gasteiger partial charge < -0.3 is 4.57 Å². The summed E-state index contributed by atoms with van der Waals surface area (Å²) in [6.45, 7) is 0. The first-order valence-corrected chi connectivity index (χ1v) is 9.36. The number of aromatic nitrogens is 1. The quantitative estimate of drug-likeness (QED) is 0.673. The molecular weight excluding hydrogens is 429 g/mol. The minimum Gasteiger partial charge on any atom is -0.320 e. The number of sulfonamides is 1. The summed E-state index contributed by atoms with van der Waals surface area (Å²) in [5, 5.41) is 6.89. The molecule has 0 aliphatic carbocycles. The van der Waals surface area contributed by atoms with Crippen molar-refractivity contribution in [3.05, 3.63) is 64.5 Å². The highest BCUT2D eigenvalue weighted by Gasteiger charge is 2.16. The van der Waals surface area contributed by atoms with Crippen molar-refractivity contribution in [2.75, 3.05) is 0 Å². The molecule has 3 rings (SSSR count). The Bertz CT molecular complexity index is 1060. The Hall–Kier alpha value is -1.81. The van der Waals surface area contributed by atoms with E-state index < -0.39 is 20.7 Å². The summed E-state index contributed by atoms with van der Waals surface area (Å²) >= 11 is 1.41. The summed E-state index contributed by atoms with van der Waals surface area (Å²) < 4.78 is 38.5. The Morgan fingerprint density at radius 2 is 1.84 bits per heavy atom. The van der Waals surface area contributed by atoms with Crippen LogP contribution in [0.25, 0.3) is 11.3 Å². The van der Waals surface area contributed by atoms with Gasteiger partial charge in [0.25, 0.3) is 0 Å². The van der Waals surface area contributed by atoms with Gasteiger partial charge in [0.2, 0.25) is 10.0 Å². The summed E-state index contributed by atoms with van der Waals surface area (Å²) in [4.78, 5) is 4.75. The van der Waals surface area contributed by atoms with Crippen molar-refractivity contribution in [2.24, 2.45) is 17.2 Å². The molecule has 0 spiro atoms. The fraction of sp³-hybridized carbons (Fsp3) is 0.0625. The van der Waals surface area contributed by atoms with Crippen molar-refractivity contribution in [3.8, 4) is 11.3 Å². The van der Waals surface area contributed by atoms with Crippen LogP contribution >= 0.6 is 28.3 Å². The van der Waals surface area contributed by atoms with Crippen molar-refractivity contribution < 1.29 is 12.8 Å². The molecule has 0 amide bonds. The topological polar surface area (TPSA) is 77.5 Å². The summed E-state index contributed by atoms with van der Waals surface area (Å²) in [6, 6.07) is 13.3. The molecule has 3 aromatic rings. The molecule has 0 bridgehead atoms. The third-order valence-electron chi connectivity index (χ3n) is 3.44. The predicted octanol–water partition coefficient (Wildman–Crippen LogP) is 3.35. The van der Waals surface area contributed by atoms with Gasteiger partial charge in [-0.25, -0.2) is 22.9 Å². The molecule has 0 aliphatic heterocycles.